The summed E-state index contributed by atoms with van der Waals surface area (Å²) in [5, 5.41) is 5.28. The summed E-state index contributed by atoms with van der Waals surface area (Å²) in [6, 6.07) is 13.8. The van der Waals surface area contributed by atoms with Gasteiger partial charge in [0.05, 0.1) is 18.3 Å². The van der Waals surface area contributed by atoms with Crippen molar-refractivity contribution in [3.63, 3.8) is 0 Å². The number of hydrogen-bond donors (Lipinski definition) is 1. The SMILES string of the molecule is CCS(=O)(=O)CC(C)N(C)CC(=O)NC(C)c1cccc2ccccc12. The molecule has 0 saturated carbocycles. The highest BCUT2D eigenvalue weighted by Gasteiger charge is 2.20. The Hall–Kier alpha value is -1.92. The highest BCUT2D eigenvalue weighted by molar-refractivity contribution is 7.91. The molecule has 2 aromatic rings. The average molecular weight is 377 g/mol. The molecule has 2 atom stereocenters. The number of benzene rings is 2. The molecule has 0 bridgehead atoms. The lowest BCUT2D eigenvalue weighted by molar-refractivity contribution is -0.122. The maximum atomic E-state index is 12.4. The number of carbonyl (C=O) groups is 1. The number of nitrogens with zero attached hydrogens (tertiary/aromatic N) is 1. The van der Waals surface area contributed by atoms with Crippen molar-refractivity contribution in [2.75, 3.05) is 25.1 Å². The minimum absolute atomic E-state index is 0.0617. The first-order valence-electron chi connectivity index (χ1n) is 8.91. The lowest BCUT2D eigenvalue weighted by Crippen LogP contribution is -2.42. The smallest absolute Gasteiger partial charge is 0.234 e. The number of hydrogen-bond acceptors (Lipinski definition) is 4. The Morgan fingerprint density at radius 1 is 1.12 bits per heavy atom. The van der Waals surface area contributed by atoms with Crippen LogP contribution in [0.2, 0.25) is 0 Å². The van der Waals surface area contributed by atoms with Gasteiger partial charge in [-0.1, -0.05) is 49.4 Å². The van der Waals surface area contributed by atoms with Gasteiger partial charge in [-0.05, 0) is 37.2 Å². The topological polar surface area (TPSA) is 66.5 Å². The van der Waals surface area contributed by atoms with Crippen LogP contribution in [0.15, 0.2) is 42.5 Å². The van der Waals surface area contributed by atoms with E-state index in [4.69, 9.17) is 0 Å². The number of carbonyl (C=O) groups excluding carboxylic acids is 1. The second-order valence-corrected chi connectivity index (χ2v) is 9.22. The second-order valence-electron chi connectivity index (χ2n) is 6.82. The Balaban J connectivity index is 2.00. The molecule has 0 fully saturated rings. The highest BCUT2D eigenvalue weighted by Crippen LogP contribution is 2.23. The van der Waals surface area contributed by atoms with E-state index < -0.39 is 9.84 Å². The van der Waals surface area contributed by atoms with E-state index in [9.17, 15) is 13.2 Å². The minimum atomic E-state index is -3.06. The number of rotatable bonds is 8. The summed E-state index contributed by atoms with van der Waals surface area (Å²) in [6.07, 6.45) is 0. The van der Waals surface area contributed by atoms with Gasteiger partial charge in [-0.3, -0.25) is 9.69 Å². The number of amides is 1. The molecule has 0 aliphatic rings. The van der Waals surface area contributed by atoms with Crippen molar-refractivity contribution in [3.8, 4) is 0 Å². The fraction of sp³-hybridized carbons (Fsp3) is 0.450. The van der Waals surface area contributed by atoms with Gasteiger partial charge in [-0.2, -0.15) is 0 Å². The van der Waals surface area contributed by atoms with Crippen LogP contribution in [0.3, 0.4) is 0 Å². The molecule has 142 valence electrons. The second kappa shape index (κ2) is 8.64. The van der Waals surface area contributed by atoms with Crippen LogP contribution in [0.5, 0.6) is 0 Å². The molecule has 1 amide bonds. The summed E-state index contributed by atoms with van der Waals surface area (Å²) in [5.41, 5.74) is 1.07. The number of likely N-dealkylation sites (N-methyl/N-ethyl adjacent to an activating group) is 1. The van der Waals surface area contributed by atoms with Gasteiger partial charge in [0.15, 0.2) is 9.84 Å². The summed E-state index contributed by atoms with van der Waals surface area (Å²) in [7, 11) is -1.29. The molecule has 26 heavy (non-hydrogen) atoms. The minimum Gasteiger partial charge on any atom is -0.348 e. The molecular weight excluding hydrogens is 348 g/mol. The number of nitrogens with one attached hydrogen (secondary N) is 1. The predicted molar refractivity (Wildman–Crippen MR) is 107 cm³/mol. The standard InChI is InChI=1S/C20H28N2O3S/c1-5-26(24,25)14-15(2)22(4)13-20(23)21-16(3)18-12-8-10-17-9-6-7-11-19(17)18/h6-12,15-16H,5,13-14H2,1-4H3,(H,21,23). The van der Waals surface area contributed by atoms with Crippen molar-refractivity contribution in [1.82, 2.24) is 10.2 Å². The van der Waals surface area contributed by atoms with E-state index in [1.807, 2.05) is 38.1 Å². The van der Waals surface area contributed by atoms with E-state index in [1.54, 1.807) is 18.9 Å². The molecule has 0 aliphatic carbocycles. The summed E-state index contributed by atoms with van der Waals surface area (Å²) in [5.74, 6) is 0.0652. The third-order valence-electron chi connectivity index (χ3n) is 4.75. The molecule has 0 spiro atoms. The fourth-order valence-corrected chi connectivity index (χ4v) is 4.21. The Bertz CT molecular complexity index is 859. The molecule has 6 heteroatoms. The normalized spacial score (nSPS) is 14.3. The Morgan fingerprint density at radius 3 is 2.46 bits per heavy atom. The Kier molecular flexibility index (Phi) is 6.78. The quantitative estimate of drug-likeness (QED) is 0.769. The van der Waals surface area contributed by atoms with Crippen LogP contribution < -0.4 is 5.32 Å². The van der Waals surface area contributed by atoms with Crippen LogP contribution in [-0.4, -0.2) is 50.4 Å². The van der Waals surface area contributed by atoms with E-state index in [-0.39, 0.29) is 36.0 Å². The van der Waals surface area contributed by atoms with Crippen LogP contribution in [0.1, 0.15) is 32.4 Å². The summed E-state index contributed by atoms with van der Waals surface area (Å²) < 4.78 is 23.5. The van der Waals surface area contributed by atoms with E-state index >= 15 is 0 Å². The third-order valence-corrected chi connectivity index (χ3v) is 6.62. The molecule has 2 rings (SSSR count). The summed E-state index contributed by atoms with van der Waals surface area (Å²) in [4.78, 5) is 14.2. The largest absolute Gasteiger partial charge is 0.348 e. The first-order valence-corrected chi connectivity index (χ1v) is 10.7. The van der Waals surface area contributed by atoms with Gasteiger partial charge in [0.25, 0.3) is 0 Å². The van der Waals surface area contributed by atoms with Crippen LogP contribution in [0.25, 0.3) is 10.8 Å². The molecule has 0 heterocycles. The van der Waals surface area contributed by atoms with Crippen LogP contribution in [-0.2, 0) is 14.6 Å². The van der Waals surface area contributed by atoms with Gasteiger partial charge in [0, 0.05) is 11.8 Å². The number of sulfone groups is 1. The molecule has 5 nitrogen and oxygen atoms in total. The van der Waals surface area contributed by atoms with E-state index in [0.29, 0.717) is 0 Å². The van der Waals surface area contributed by atoms with Crippen molar-refractivity contribution in [2.45, 2.75) is 32.9 Å². The van der Waals surface area contributed by atoms with Gasteiger partial charge in [0.2, 0.25) is 5.91 Å². The number of fused-ring (bicyclic) bond motifs is 1. The van der Waals surface area contributed by atoms with Crippen molar-refractivity contribution in [3.05, 3.63) is 48.0 Å². The zero-order valence-electron chi connectivity index (χ0n) is 15.9. The Labute approximate surface area is 156 Å². The van der Waals surface area contributed by atoms with E-state index in [1.165, 1.54) is 0 Å². The van der Waals surface area contributed by atoms with Gasteiger partial charge in [-0.25, -0.2) is 8.42 Å². The highest BCUT2D eigenvalue weighted by atomic mass is 32.2. The first-order chi connectivity index (χ1) is 12.2. The van der Waals surface area contributed by atoms with Gasteiger partial charge in [-0.15, -0.1) is 0 Å². The van der Waals surface area contributed by atoms with E-state index in [2.05, 4.69) is 23.5 Å². The molecule has 0 aliphatic heterocycles. The van der Waals surface area contributed by atoms with Crippen LogP contribution in [0, 0.1) is 0 Å². The monoisotopic (exact) mass is 376 g/mol. The summed E-state index contributed by atoms with van der Waals surface area (Å²) >= 11 is 0. The van der Waals surface area contributed by atoms with Crippen molar-refractivity contribution >= 4 is 26.5 Å². The molecule has 0 aromatic heterocycles. The molecule has 2 unspecified atom stereocenters. The van der Waals surface area contributed by atoms with Gasteiger partial charge in [0.1, 0.15) is 0 Å². The summed E-state index contributed by atoms with van der Waals surface area (Å²) in [6.45, 7) is 5.59. The molecule has 2 aromatic carbocycles. The van der Waals surface area contributed by atoms with Crippen molar-refractivity contribution in [1.29, 1.82) is 0 Å². The lowest BCUT2D eigenvalue weighted by Gasteiger charge is -2.25. The van der Waals surface area contributed by atoms with Crippen LogP contribution >= 0.6 is 0 Å². The van der Waals surface area contributed by atoms with Crippen molar-refractivity contribution < 1.29 is 13.2 Å². The van der Waals surface area contributed by atoms with Gasteiger partial charge < -0.3 is 5.32 Å². The van der Waals surface area contributed by atoms with Crippen molar-refractivity contribution in [2.24, 2.45) is 0 Å². The maximum Gasteiger partial charge on any atom is 0.234 e. The lowest BCUT2D eigenvalue weighted by atomic mass is 10.00. The average Bonchev–Trinajstić information content (AvgIpc) is 2.60. The molecular formula is C20H28N2O3S. The first kappa shape index (κ1) is 20.4. The maximum absolute atomic E-state index is 12.4. The predicted octanol–water partition coefficient (Wildman–Crippen LogP) is 2.77. The zero-order valence-corrected chi connectivity index (χ0v) is 16.7. The van der Waals surface area contributed by atoms with Crippen LogP contribution in [0.4, 0.5) is 0 Å². The Morgan fingerprint density at radius 2 is 1.77 bits per heavy atom. The molecule has 0 radical (unpaired) electrons. The molecule has 1 N–H and O–H groups in total. The van der Waals surface area contributed by atoms with E-state index in [0.717, 1.165) is 16.3 Å². The fourth-order valence-electron chi connectivity index (χ4n) is 2.99. The van der Waals surface area contributed by atoms with Gasteiger partial charge >= 0.3 is 0 Å². The zero-order chi connectivity index (χ0) is 19.3. The molecule has 0 saturated heterocycles. The third kappa shape index (κ3) is 5.29.